The van der Waals surface area contributed by atoms with Crippen molar-refractivity contribution >= 4 is 33.3 Å². The normalized spacial score (nSPS) is 10.9. The van der Waals surface area contributed by atoms with Crippen molar-refractivity contribution in [1.82, 2.24) is 0 Å². The van der Waals surface area contributed by atoms with E-state index in [1.807, 2.05) is 0 Å². The topological polar surface area (TPSA) is 102 Å². The molecule has 8 nitrogen and oxygen atoms in total. The second-order valence-electron chi connectivity index (χ2n) is 7.04. The Bertz CT molecular complexity index is 1240. The molecule has 0 aromatic heterocycles. The molecule has 33 heavy (non-hydrogen) atoms. The third kappa shape index (κ3) is 5.32. The van der Waals surface area contributed by atoms with Gasteiger partial charge in [0.1, 0.15) is 12.3 Å². The quantitative estimate of drug-likeness (QED) is 0.507. The summed E-state index contributed by atoms with van der Waals surface area (Å²) in [5.74, 6) is -0.587. The van der Waals surface area contributed by atoms with Crippen LogP contribution in [-0.4, -0.2) is 41.1 Å². The van der Waals surface area contributed by atoms with Gasteiger partial charge in [-0.15, -0.1) is 0 Å². The van der Waals surface area contributed by atoms with Crippen LogP contribution in [0.2, 0.25) is 0 Å². The van der Waals surface area contributed by atoms with Crippen molar-refractivity contribution in [2.24, 2.45) is 0 Å². The number of rotatable bonds is 8. The van der Waals surface area contributed by atoms with Crippen LogP contribution in [0, 0.1) is 6.92 Å². The lowest BCUT2D eigenvalue weighted by atomic mass is 10.1. The molecule has 0 unspecified atom stereocenters. The molecule has 3 aromatic rings. The van der Waals surface area contributed by atoms with Crippen LogP contribution in [0.3, 0.4) is 0 Å². The highest BCUT2D eigenvalue weighted by Crippen LogP contribution is 2.26. The van der Waals surface area contributed by atoms with Crippen LogP contribution >= 0.6 is 0 Å². The molecule has 0 fully saturated rings. The molecule has 3 rings (SSSR count). The number of carbonyl (C=O) groups is 2. The van der Waals surface area contributed by atoms with Gasteiger partial charge < -0.3 is 14.8 Å². The summed E-state index contributed by atoms with van der Waals surface area (Å²) in [7, 11) is -1.30. The number of ether oxygens (including phenoxy) is 2. The predicted molar refractivity (Wildman–Crippen MR) is 125 cm³/mol. The molecular weight excluding hydrogens is 444 g/mol. The van der Waals surface area contributed by atoms with Gasteiger partial charge >= 0.3 is 5.97 Å². The molecule has 0 saturated heterocycles. The maximum atomic E-state index is 13.4. The van der Waals surface area contributed by atoms with Crippen LogP contribution in [0.15, 0.2) is 77.7 Å². The second-order valence-corrected chi connectivity index (χ2v) is 8.90. The minimum atomic E-state index is -4.06. The molecule has 172 valence electrons. The summed E-state index contributed by atoms with van der Waals surface area (Å²) >= 11 is 0. The summed E-state index contributed by atoms with van der Waals surface area (Å²) in [6.07, 6.45) is 0. The number of amides is 1. The lowest BCUT2D eigenvalue weighted by molar-refractivity contribution is -0.114. The van der Waals surface area contributed by atoms with Crippen LogP contribution in [-0.2, 0) is 19.6 Å². The molecule has 0 aliphatic heterocycles. The van der Waals surface area contributed by atoms with E-state index >= 15 is 0 Å². The smallest absolute Gasteiger partial charge is 0.338 e. The molecule has 9 heteroatoms. The van der Waals surface area contributed by atoms with Crippen molar-refractivity contribution in [3.05, 3.63) is 83.9 Å². The summed E-state index contributed by atoms with van der Waals surface area (Å²) in [5, 5.41) is 2.70. The third-order valence-corrected chi connectivity index (χ3v) is 6.78. The highest BCUT2D eigenvalue weighted by atomic mass is 32.2. The Hall–Kier alpha value is -3.85. The van der Waals surface area contributed by atoms with E-state index < -0.39 is 28.4 Å². The summed E-state index contributed by atoms with van der Waals surface area (Å²) < 4.78 is 37.7. The average Bonchev–Trinajstić information content (AvgIpc) is 2.83. The van der Waals surface area contributed by atoms with Gasteiger partial charge in [0.05, 0.1) is 30.4 Å². The van der Waals surface area contributed by atoms with Gasteiger partial charge in [0.25, 0.3) is 10.0 Å². The lowest BCUT2D eigenvalue weighted by Crippen LogP contribution is -2.38. The molecule has 3 aromatic carbocycles. The molecule has 0 aliphatic carbocycles. The molecule has 1 amide bonds. The van der Waals surface area contributed by atoms with Crippen LogP contribution < -0.4 is 14.4 Å². The van der Waals surface area contributed by atoms with E-state index in [0.29, 0.717) is 28.3 Å². The van der Waals surface area contributed by atoms with Crippen LogP contribution in [0.4, 0.5) is 11.4 Å². The maximum absolute atomic E-state index is 13.4. The molecule has 0 spiro atoms. The number of hydrogen-bond donors (Lipinski definition) is 1. The van der Waals surface area contributed by atoms with Crippen LogP contribution in [0.1, 0.15) is 15.9 Å². The predicted octanol–water partition coefficient (Wildman–Crippen LogP) is 3.62. The average molecular weight is 469 g/mol. The van der Waals surface area contributed by atoms with Gasteiger partial charge in [0, 0.05) is 5.69 Å². The van der Waals surface area contributed by atoms with E-state index in [0.717, 1.165) is 4.31 Å². The molecule has 0 heterocycles. The van der Waals surface area contributed by atoms with Gasteiger partial charge in [-0.25, -0.2) is 13.2 Å². The zero-order chi connectivity index (χ0) is 24.0. The van der Waals surface area contributed by atoms with Gasteiger partial charge in [0.15, 0.2) is 0 Å². The number of benzene rings is 3. The van der Waals surface area contributed by atoms with Crippen LogP contribution in [0.25, 0.3) is 0 Å². The summed E-state index contributed by atoms with van der Waals surface area (Å²) in [5.41, 5.74) is 1.55. The highest BCUT2D eigenvalue weighted by Gasteiger charge is 2.27. The standard InChI is InChI=1S/C24H24N2O6S/c1-17-21(24(28)32-3)10-7-11-22(17)25-23(27)16-26(18-8-5-4-6-9-18)33(29,30)20-14-12-19(31-2)13-15-20/h4-15H,16H2,1-3H3,(H,25,27). The van der Waals surface area contributed by atoms with E-state index in [2.05, 4.69) is 5.32 Å². The fourth-order valence-electron chi connectivity index (χ4n) is 3.21. The first-order valence-corrected chi connectivity index (χ1v) is 11.4. The van der Waals surface area contributed by atoms with E-state index in [1.165, 1.54) is 38.5 Å². The van der Waals surface area contributed by atoms with Crippen molar-refractivity contribution in [2.75, 3.05) is 30.4 Å². The van der Waals surface area contributed by atoms with Crippen molar-refractivity contribution < 1.29 is 27.5 Å². The maximum Gasteiger partial charge on any atom is 0.338 e. The Morgan fingerprint density at radius 2 is 1.58 bits per heavy atom. The van der Waals surface area contributed by atoms with Crippen LogP contribution in [0.5, 0.6) is 5.75 Å². The Morgan fingerprint density at radius 3 is 2.18 bits per heavy atom. The minimum Gasteiger partial charge on any atom is -0.497 e. The number of esters is 1. The molecule has 0 bridgehead atoms. The molecule has 1 N–H and O–H groups in total. The summed E-state index contributed by atoms with van der Waals surface area (Å²) in [4.78, 5) is 24.9. The Kier molecular flexibility index (Phi) is 7.34. The Balaban J connectivity index is 1.92. The molecular formula is C24H24N2O6S. The zero-order valence-electron chi connectivity index (χ0n) is 18.4. The van der Waals surface area contributed by atoms with Gasteiger partial charge in [-0.05, 0) is 61.0 Å². The van der Waals surface area contributed by atoms with Crippen molar-refractivity contribution in [3.63, 3.8) is 0 Å². The summed E-state index contributed by atoms with van der Waals surface area (Å²) in [6.45, 7) is 1.20. The Morgan fingerprint density at radius 1 is 0.909 bits per heavy atom. The largest absolute Gasteiger partial charge is 0.497 e. The fourth-order valence-corrected chi connectivity index (χ4v) is 4.63. The SMILES string of the molecule is COC(=O)c1cccc(NC(=O)CN(c2ccccc2)S(=O)(=O)c2ccc(OC)cc2)c1C. The number of hydrogen-bond acceptors (Lipinski definition) is 6. The zero-order valence-corrected chi connectivity index (χ0v) is 19.3. The minimum absolute atomic E-state index is 0.0174. The monoisotopic (exact) mass is 468 g/mol. The number of sulfonamides is 1. The number of para-hydroxylation sites is 1. The number of carbonyl (C=O) groups excluding carboxylic acids is 2. The fraction of sp³-hybridized carbons (Fsp3) is 0.167. The molecule has 0 atom stereocenters. The van der Waals surface area contributed by atoms with E-state index in [1.54, 1.807) is 55.5 Å². The van der Waals surface area contributed by atoms with Crippen molar-refractivity contribution in [3.8, 4) is 5.75 Å². The highest BCUT2D eigenvalue weighted by molar-refractivity contribution is 7.92. The first-order chi connectivity index (χ1) is 15.8. The molecule has 0 radical (unpaired) electrons. The molecule has 0 saturated carbocycles. The van der Waals surface area contributed by atoms with Crippen molar-refractivity contribution in [1.29, 1.82) is 0 Å². The number of methoxy groups -OCH3 is 2. The van der Waals surface area contributed by atoms with E-state index in [4.69, 9.17) is 9.47 Å². The number of anilines is 2. The number of nitrogens with one attached hydrogen (secondary N) is 1. The van der Waals surface area contributed by atoms with Gasteiger partial charge in [-0.1, -0.05) is 24.3 Å². The first-order valence-electron chi connectivity index (χ1n) is 9.97. The van der Waals surface area contributed by atoms with E-state index in [-0.39, 0.29) is 4.90 Å². The second kappa shape index (κ2) is 10.2. The third-order valence-electron chi connectivity index (χ3n) is 4.99. The number of nitrogens with zero attached hydrogens (tertiary/aromatic N) is 1. The first kappa shape index (κ1) is 23.8. The lowest BCUT2D eigenvalue weighted by Gasteiger charge is -2.24. The van der Waals surface area contributed by atoms with Gasteiger partial charge in [-0.3, -0.25) is 9.10 Å². The molecule has 0 aliphatic rings. The Labute approximate surface area is 192 Å². The van der Waals surface area contributed by atoms with Gasteiger partial charge in [-0.2, -0.15) is 0 Å². The van der Waals surface area contributed by atoms with E-state index in [9.17, 15) is 18.0 Å². The van der Waals surface area contributed by atoms with Crippen molar-refractivity contribution in [2.45, 2.75) is 11.8 Å². The summed E-state index contributed by atoms with van der Waals surface area (Å²) in [6, 6.07) is 19.1. The van der Waals surface area contributed by atoms with Gasteiger partial charge in [0.2, 0.25) is 5.91 Å².